The maximum Gasteiger partial charge on any atom is 0.272 e. The lowest BCUT2D eigenvalue weighted by Gasteiger charge is -2.41. The number of nitrogens with one attached hydrogen (secondary N) is 3. The number of aromatic amines is 1. The minimum Gasteiger partial charge on any atom is -0.381 e. The Kier molecular flexibility index (Phi) is 17.5. The quantitative estimate of drug-likeness (QED) is 0.147. The highest BCUT2D eigenvalue weighted by molar-refractivity contribution is 5.98. The zero-order valence-corrected chi connectivity index (χ0v) is 43.9. The molecular weight excluding hydrogens is 968 g/mol. The van der Waals surface area contributed by atoms with Gasteiger partial charge in [-0.25, -0.2) is 9.49 Å². The third-order valence-electron chi connectivity index (χ3n) is 17.1. The molecule has 0 spiro atoms. The standard InChI is InChI=1S/C58H75FN10O7/c59-50-16-15-41(31-51-47-13-4-5-14-48(47)56(73)63-62-51)30-49(50)57(74)67-28-26-66(27-29-67)53(71)37-64-20-17-40(18-21-64)35-65-22-24-68(25-23-65)58(75)54(43-8-2-1-3-9-43)61-55(72)45-11-6-10-44(32-45)46-12-7-19-69(36-46)52(70)34-60-33-42-38-76-39-42/h4-6,10-11,13-16,30,32,40,42-43,46,54,60H,1-3,7-9,12,17-29,31,33-39H2,(H,61,72)(H,63,73)/t46?,54-/m1/s1. The van der Waals surface area contributed by atoms with Crippen LogP contribution in [0.2, 0.25) is 0 Å². The van der Waals surface area contributed by atoms with Gasteiger partial charge in [-0.2, -0.15) is 5.10 Å². The van der Waals surface area contributed by atoms with E-state index in [2.05, 4.69) is 36.7 Å². The molecular formula is C58H75FN10O7. The van der Waals surface area contributed by atoms with Gasteiger partial charge in [-0.1, -0.05) is 55.7 Å². The van der Waals surface area contributed by atoms with Crippen LogP contribution in [0, 0.1) is 23.6 Å². The predicted octanol–water partition coefficient (Wildman–Crippen LogP) is 4.11. The van der Waals surface area contributed by atoms with Gasteiger partial charge in [-0.3, -0.25) is 38.6 Å². The zero-order valence-electron chi connectivity index (χ0n) is 43.9. The lowest BCUT2D eigenvalue weighted by Crippen LogP contribution is -2.57. The first-order valence-corrected chi connectivity index (χ1v) is 28.0. The summed E-state index contributed by atoms with van der Waals surface area (Å²) < 4.78 is 20.4. The number of fused-ring (bicyclic) bond motifs is 1. The molecule has 3 aromatic carbocycles. The minimum atomic E-state index is -0.606. The molecule has 4 aromatic rings. The van der Waals surface area contributed by atoms with Crippen LogP contribution < -0.4 is 16.2 Å². The van der Waals surface area contributed by atoms with Gasteiger partial charge in [0.2, 0.25) is 17.7 Å². The van der Waals surface area contributed by atoms with Crippen molar-refractivity contribution < 1.29 is 33.1 Å². The first-order chi connectivity index (χ1) is 37.0. The van der Waals surface area contributed by atoms with Crippen molar-refractivity contribution in [2.75, 3.05) is 118 Å². The monoisotopic (exact) mass is 1040 g/mol. The minimum absolute atomic E-state index is 0.0215. The highest BCUT2D eigenvalue weighted by Gasteiger charge is 2.37. The molecule has 1 saturated carbocycles. The van der Waals surface area contributed by atoms with Gasteiger partial charge >= 0.3 is 0 Å². The molecule has 406 valence electrons. The van der Waals surface area contributed by atoms with Crippen LogP contribution in [0.4, 0.5) is 4.39 Å². The second-order valence-corrected chi connectivity index (χ2v) is 22.2. The number of hydrogen-bond acceptors (Lipinski definition) is 11. The normalized spacial score (nSPS) is 21.1. The summed E-state index contributed by atoms with van der Waals surface area (Å²) in [5.41, 5.74) is 2.62. The average molecular weight is 1040 g/mol. The van der Waals surface area contributed by atoms with E-state index in [9.17, 15) is 28.8 Å². The fourth-order valence-electron chi connectivity index (χ4n) is 12.4. The topological polar surface area (TPSA) is 184 Å². The molecule has 5 amide bonds. The number of amides is 5. The summed E-state index contributed by atoms with van der Waals surface area (Å²) in [5.74, 6) is 0.150. The number of aromatic nitrogens is 2. The van der Waals surface area contributed by atoms with Crippen LogP contribution in [-0.2, 0) is 25.5 Å². The van der Waals surface area contributed by atoms with Gasteiger partial charge in [-0.05, 0) is 105 Å². The Morgan fingerprint density at radius 1 is 0.697 bits per heavy atom. The molecule has 6 aliphatic rings. The SMILES string of the molecule is O=C(N[C@@H](C(=O)N1CCN(CC2CCN(CC(=O)N3CCN(C(=O)c4cc(Cc5n[nH]c(=O)c6ccccc56)ccc4F)CC3)CC2)CC1)C1CCCCC1)c1cccc(C2CCCN(C(=O)CNCC3COC3)C2)c1. The first kappa shape index (κ1) is 53.3. The zero-order chi connectivity index (χ0) is 52.5. The Bertz CT molecular complexity index is 2760. The van der Waals surface area contributed by atoms with Crippen LogP contribution in [-0.4, -0.2) is 193 Å². The summed E-state index contributed by atoms with van der Waals surface area (Å²) in [5, 5.41) is 14.5. The van der Waals surface area contributed by atoms with Crippen LogP contribution in [0.3, 0.4) is 0 Å². The van der Waals surface area contributed by atoms with E-state index in [0.29, 0.717) is 105 Å². The van der Waals surface area contributed by atoms with Crippen molar-refractivity contribution in [3.05, 3.63) is 111 Å². The number of nitrogens with zero attached hydrogens (tertiary/aromatic N) is 7. The molecule has 18 heteroatoms. The number of carbonyl (C=O) groups excluding carboxylic acids is 5. The van der Waals surface area contributed by atoms with E-state index in [1.807, 2.05) is 45.0 Å². The van der Waals surface area contributed by atoms with Crippen LogP contribution in [0.15, 0.2) is 71.5 Å². The molecule has 1 aliphatic carbocycles. The second-order valence-electron chi connectivity index (χ2n) is 22.2. The maximum absolute atomic E-state index is 15.1. The number of piperazine rings is 2. The molecule has 76 heavy (non-hydrogen) atoms. The Morgan fingerprint density at radius 3 is 2.18 bits per heavy atom. The highest BCUT2D eigenvalue weighted by Crippen LogP contribution is 2.31. The van der Waals surface area contributed by atoms with Gasteiger partial charge in [0.1, 0.15) is 11.9 Å². The fourth-order valence-corrected chi connectivity index (χ4v) is 12.4. The van der Waals surface area contributed by atoms with Crippen molar-refractivity contribution in [3.63, 3.8) is 0 Å². The van der Waals surface area contributed by atoms with Gasteiger partial charge in [0.05, 0.1) is 42.9 Å². The van der Waals surface area contributed by atoms with E-state index >= 15 is 4.39 Å². The Morgan fingerprint density at radius 2 is 1.43 bits per heavy atom. The average Bonchev–Trinajstić information content (AvgIpc) is 3.46. The summed E-state index contributed by atoms with van der Waals surface area (Å²) >= 11 is 0. The Labute approximate surface area is 444 Å². The maximum atomic E-state index is 15.1. The van der Waals surface area contributed by atoms with Gasteiger partial charge in [0.25, 0.3) is 17.4 Å². The van der Waals surface area contributed by atoms with E-state index in [-0.39, 0.29) is 46.6 Å². The lowest BCUT2D eigenvalue weighted by atomic mass is 9.83. The molecule has 0 bridgehead atoms. The van der Waals surface area contributed by atoms with Crippen molar-refractivity contribution in [1.29, 1.82) is 0 Å². The number of ether oxygens (including phenoxy) is 1. The Balaban J connectivity index is 0.651. The van der Waals surface area contributed by atoms with E-state index in [0.717, 1.165) is 122 Å². The highest BCUT2D eigenvalue weighted by atomic mass is 19.1. The number of carbonyl (C=O) groups is 5. The van der Waals surface area contributed by atoms with E-state index in [4.69, 9.17) is 4.74 Å². The summed E-state index contributed by atoms with van der Waals surface area (Å²) in [7, 11) is 0. The lowest BCUT2D eigenvalue weighted by molar-refractivity contribution is -0.137. The number of rotatable bonds is 16. The Hall–Kier alpha value is -6.08. The van der Waals surface area contributed by atoms with Crippen LogP contribution >= 0.6 is 0 Å². The molecule has 5 aliphatic heterocycles. The summed E-state index contributed by atoms with van der Waals surface area (Å²) in [6.07, 6.45) is 9.24. The number of benzene rings is 3. The third kappa shape index (κ3) is 13.0. The summed E-state index contributed by atoms with van der Waals surface area (Å²) in [6.45, 7) is 11.1. The van der Waals surface area contributed by atoms with Crippen LogP contribution in [0.5, 0.6) is 0 Å². The van der Waals surface area contributed by atoms with Gasteiger partial charge in [0, 0.05) is 108 Å². The molecule has 3 N–H and O–H groups in total. The van der Waals surface area contributed by atoms with Gasteiger partial charge < -0.3 is 35.0 Å². The number of halogens is 1. The number of hydrogen-bond donors (Lipinski definition) is 3. The molecule has 6 fully saturated rings. The van der Waals surface area contributed by atoms with E-state index < -0.39 is 17.8 Å². The largest absolute Gasteiger partial charge is 0.381 e. The molecule has 17 nitrogen and oxygen atoms in total. The van der Waals surface area contributed by atoms with Crippen molar-refractivity contribution >= 4 is 40.3 Å². The van der Waals surface area contributed by atoms with Crippen molar-refractivity contribution in [2.24, 2.45) is 17.8 Å². The van der Waals surface area contributed by atoms with Crippen LogP contribution in [0.25, 0.3) is 10.8 Å². The number of H-pyrrole nitrogens is 1. The van der Waals surface area contributed by atoms with Gasteiger partial charge in [0.15, 0.2) is 0 Å². The molecule has 6 heterocycles. The van der Waals surface area contributed by atoms with Crippen molar-refractivity contribution in [2.45, 2.75) is 76.2 Å². The van der Waals surface area contributed by atoms with Gasteiger partial charge in [-0.15, -0.1) is 0 Å². The molecule has 2 atom stereocenters. The third-order valence-corrected chi connectivity index (χ3v) is 17.1. The summed E-state index contributed by atoms with van der Waals surface area (Å²) in [6, 6.07) is 18.9. The van der Waals surface area contributed by atoms with Crippen molar-refractivity contribution in [3.8, 4) is 0 Å². The van der Waals surface area contributed by atoms with E-state index in [1.165, 1.54) is 6.07 Å². The van der Waals surface area contributed by atoms with E-state index in [1.54, 1.807) is 29.2 Å². The number of likely N-dealkylation sites (tertiary alicyclic amines) is 2. The number of piperidine rings is 2. The fraction of sp³-hybridized carbons (Fsp3) is 0.569. The molecule has 0 radical (unpaired) electrons. The smallest absolute Gasteiger partial charge is 0.272 e. The summed E-state index contributed by atoms with van der Waals surface area (Å²) in [4.78, 5) is 93.1. The molecule has 1 aromatic heterocycles. The van der Waals surface area contributed by atoms with Crippen LogP contribution in [0.1, 0.15) is 101 Å². The first-order valence-electron chi connectivity index (χ1n) is 28.0. The molecule has 1 unspecified atom stereocenters. The molecule has 5 saturated heterocycles. The van der Waals surface area contributed by atoms with Crippen molar-refractivity contribution in [1.82, 2.24) is 50.2 Å². The second kappa shape index (κ2) is 24.9. The predicted molar refractivity (Wildman–Crippen MR) is 286 cm³/mol. The molecule has 10 rings (SSSR count).